The predicted octanol–water partition coefficient (Wildman–Crippen LogP) is 3.54. The number of benzene rings is 2. The Kier molecular flexibility index (Phi) is 6.51. The average Bonchev–Trinajstić information content (AvgIpc) is 2.73. The number of aliphatic hydroxyl groups is 1. The highest BCUT2D eigenvalue weighted by Crippen LogP contribution is 2.29. The Morgan fingerprint density at radius 2 is 1.72 bits per heavy atom. The molecule has 0 spiro atoms. The molecule has 2 atom stereocenters. The van der Waals surface area contributed by atoms with Crippen LogP contribution in [0.4, 0.5) is 5.69 Å². The predicted molar refractivity (Wildman–Crippen MR) is 114 cm³/mol. The van der Waals surface area contributed by atoms with E-state index in [1.165, 1.54) is 36.2 Å². The molecule has 3 rings (SSSR count). The SMILES string of the molecule is CN(C(=O)c1cc(N(C)S(=O)(=O)c2ccccc2)ccc1Cl)[C@@H]1CCCC[C@H]1O. The maximum atomic E-state index is 13.1. The lowest BCUT2D eigenvalue weighted by atomic mass is 9.91. The summed E-state index contributed by atoms with van der Waals surface area (Å²) < 4.78 is 26.9. The second-order valence-corrected chi connectivity index (χ2v) is 9.66. The van der Waals surface area contributed by atoms with Crippen LogP contribution in [0.3, 0.4) is 0 Å². The van der Waals surface area contributed by atoms with E-state index in [4.69, 9.17) is 11.6 Å². The molecule has 1 amide bonds. The molecule has 8 heteroatoms. The van der Waals surface area contributed by atoms with Crippen LogP contribution in [0.5, 0.6) is 0 Å². The van der Waals surface area contributed by atoms with Crippen LogP contribution in [0.25, 0.3) is 0 Å². The van der Waals surface area contributed by atoms with Crippen molar-refractivity contribution >= 4 is 33.2 Å². The number of halogens is 1. The summed E-state index contributed by atoms with van der Waals surface area (Å²) in [6.07, 6.45) is 2.71. The Labute approximate surface area is 176 Å². The summed E-state index contributed by atoms with van der Waals surface area (Å²) in [6, 6.07) is 12.4. The lowest BCUT2D eigenvalue weighted by Gasteiger charge is -2.35. The number of anilines is 1. The average molecular weight is 437 g/mol. The van der Waals surface area contributed by atoms with Crippen molar-refractivity contribution in [2.75, 3.05) is 18.4 Å². The third-order valence-corrected chi connectivity index (χ3v) is 7.59. The molecule has 2 aromatic carbocycles. The fraction of sp³-hybridized carbons (Fsp3) is 0.381. The Morgan fingerprint density at radius 1 is 1.07 bits per heavy atom. The van der Waals surface area contributed by atoms with E-state index in [9.17, 15) is 18.3 Å². The number of rotatable bonds is 5. The molecule has 0 saturated heterocycles. The molecular weight excluding hydrogens is 412 g/mol. The molecule has 0 aromatic heterocycles. The zero-order chi connectivity index (χ0) is 21.2. The second-order valence-electron chi connectivity index (χ2n) is 7.28. The molecule has 1 saturated carbocycles. The largest absolute Gasteiger partial charge is 0.391 e. The van der Waals surface area contributed by atoms with Crippen molar-refractivity contribution in [1.29, 1.82) is 0 Å². The van der Waals surface area contributed by atoms with Crippen molar-refractivity contribution < 1.29 is 18.3 Å². The number of hydrogen-bond acceptors (Lipinski definition) is 4. The van der Waals surface area contributed by atoms with Crippen molar-refractivity contribution in [2.45, 2.75) is 42.7 Å². The van der Waals surface area contributed by atoms with E-state index in [2.05, 4.69) is 0 Å². The lowest BCUT2D eigenvalue weighted by molar-refractivity contribution is 0.0268. The minimum atomic E-state index is -3.77. The van der Waals surface area contributed by atoms with Crippen molar-refractivity contribution in [3.8, 4) is 0 Å². The number of carbonyl (C=O) groups excluding carboxylic acids is 1. The van der Waals surface area contributed by atoms with Gasteiger partial charge in [0.1, 0.15) is 0 Å². The Morgan fingerprint density at radius 3 is 2.38 bits per heavy atom. The van der Waals surface area contributed by atoms with E-state index < -0.39 is 16.1 Å². The molecule has 0 heterocycles. The van der Waals surface area contributed by atoms with Gasteiger partial charge in [-0.3, -0.25) is 9.10 Å². The molecule has 29 heavy (non-hydrogen) atoms. The molecule has 0 aliphatic heterocycles. The number of hydrogen-bond donors (Lipinski definition) is 1. The number of sulfonamides is 1. The summed E-state index contributed by atoms with van der Waals surface area (Å²) in [5.41, 5.74) is 0.541. The number of nitrogens with zero attached hydrogens (tertiary/aromatic N) is 2. The van der Waals surface area contributed by atoms with E-state index in [1.807, 2.05) is 0 Å². The van der Waals surface area contributed by atoms with Gasteiger partial charge in [-0.2, -0.15) is 0 Å². The first-order valence-corrected chi connectivity index (χ1v) is 11.3. The lowest BCUT2D eigenvalue weighted by Crippen LogP contribution is -2.46. The van der Waals surface area contributed by atoms with Gasteiger partial charge in [0.15, 0.2) is 0 Å². The fourth-order valence-corrected chi connectivity index (χ4v) is 5.05. The zero-order valence-corrected chi connectivity index (χ0v) is 18.0. The highest BCUT2D eigenvalue weighted by atomic mass is 35.5. The first kappa shape index (κ1) is 21.6. The van der Waals surface area contributed by atoms with Crippen molar-refractivity contribution in [1.82, 2.24) is 4.90 Å². The molecule has 1 aliphatic carbocycles. The van der Waals surface area contributed by atoms with Gasteiger partial charge in [0.2, 0.25) is 0 Å². The third kappa shape index (κ3) is 4.42. The summed E-state index contributed by atoms with van der Waals surface area (Å²) >= 11 is 6.27. The molecule has 0 radical (unpaired) electrons. The molecule has 6 nitrogen and oxygen atoms in total. The van der Waals surface area contributed by atoms with Crippen LogP contribution in [0, 0.1) is 0 Å². The molecule has 0 bridgehead atoms. The molecule has 1 N–H and O–H groups in total. The van der Waals surface area contributed by atoms with Crippen LogP contribution >= 0.6 is 11.6 Å². The minimum Gasteiger partial charge on any atom is -0.391 e. The highest BCUT2D eigenvalue weighted by molar-refractivity contribution is 7.92. The van der Waals surface area contributed by atoms with Crippen molar-refractivity contribution in [3.63, 3.8) is 0 Å². The van der Waals surface area contributed by atoms with Crippen LogP contribution in [0.1, 0.15) is 36.0 Å². The van der Waals surface area contributed by atoms with Gasteiger partial charge in [-0.15, -0.1) is 0 Å². The van der Waals surface area contributed by atoms with Gasteiger partial charge in [0, 0.05) is 14.1 Å². The summed E-state index contributed by atoms with van der Waals surface area (Å²) in [5.74, 6) is -0.340. The Bertz CT molecular complexity index is 981. The molecule has 156 valence electrons. The number of likely N-dealkylation sites (N-methyl/N-ethyl adjacent to an activating group) is 1. The molecule has 1 aliphatic rings. The van der Waals surface area contributed by atoms with E-state index in [1.54, 1.807) is 31.3 Å². The second kappa shape index (κ2) is 8.73. The quantitative estimate of drug-likeness (QED) is 0.777. The van der Waals surface area contributed by atoms with Crippen LogP contribution in [0.15, 0.2) is 53.4 Å². The summed E-state index contributed by atoms with van der Waals surface area (Å²) in [6.45, 7) is 0. The van der Waals surface area contributed by atoms with Gasteiger partial charge >= 0.3 is 0 Å². The molecule has 2 aromatic rings. The normalized spacial score (nSPS) is 19.6. The standard InChI is InChI=1S/C21H25ClN2O4S/c1-23(19-10-6-7-11-20(19)25)21(26)17-14-15(12-13-18(17)22)24(2)29(27,28)16-8-4-3-5-9-16/h3-5,8-9,12-14,19-20,25H,6-7,10-11H2,1-2H3/t19-,20-/m1/s1. The number of carbonyl (C=O) groups is 1. The summed E-state index contributed by atoms with van der Waals surface area (Å²) in [4.78, 5) is 14.7. The Balaban J connectivity index is 1.90. The molecular formula is C21H25ClN2O4S. The molecule has 1 fully saturated rings. The van der Waals surface area contributed by atoms with E-state index >= 15 is 0 Å². The topological polar surface area (TPSA) is 77.9 Å². The van der Waals surface area contributed by atoms with E-state index in [0.29, 0.717) is 12.1 Å². The van der Waals surface area contributed by atoms with Crippen LogP contribution < -0.4 is 4.31 Å². The van der Waals surface area contributed by atoms with Crippen LogP contribution in [-0.2, 0) is 10.0 Å². The monoisotopic (exact) mass is 436 g/mol. The molecule has 0 unspecified atom stereocenters. The van der Waals surface area contributed by atoms with Gasteiger partial charge in [0.25, 0.3) is 15.9 Å². The maximum Gasteiger partial charge on any atom is 0.264 e. The van der Waals surface area contributed by atoms with Crippen LogP contribution in [-0.4, -0.2) is 50.6 Å². The smallest absolute Gasteiger partial charge is 0.264 e. The van der Waals surface area contributed by atoms with Gasteiger partial charge in [-0.25, -0.2) is 8.42 Å². The van der Waals surface area contributed by atoms with Gasteiger partial charge < -0.3 is 10.0 Å². The van der Waals surface area contributed by atoms with E-state index in [-0.39, 0.29) is 27.4 Å². The fourth-order valence-electron chi connectivity index (χ4n) is 3.65. The third-order valence-electron chi connectivity index (χ3n) is 5.46. The van der Waals surface area contributed by atoms with Crippen molar-refractivity contribution in [2.24, 2.45) is 0 Å². The zero-order valence-electron chi connectivity index (χ0n) is 16.5. The van der Waals surface area contributed by atoms with Gasteiger partial charge in [-0.05, 0) is 43.2 Å². The number of amides is 1. The minimum absolute atomic E-state index is 0.160. The first-order chi connectivity index (χ1) is 13.7. The number of aliphatic hydroxyl groups excluding tert-OH is 1. The van der Waals surface area contributed by atoms with Gasteiger partial charge in [0.05, 0.1) is 33.3 Å². The first-order valence-electron chi connectivity index (χ1n) is 9.52. The van der Waals surface area contributed by atoms with Crippen LogP contribution in [0.2, 0.25) is 5.02 Å². The highest BCUT2D eigenvalue weighted by Gasteiger charge is 2.31. The summed E-state index contributed by atoms with van der Waals surface area (Å²) in [5, 5.41) is 10.5. The van der Waals surface area contributed by atoms with Crippen molar-refractivity contribution in [3.05, 3.63) is 59.1 Å². The van der Waals surface area contributed by atoms with E-state index in [0.717, 1.165) is 23.6 Å². The Hall–Kier alpha value is -2.09. The van der Waals surface area contributed by atoms with Gasteiger partial charge in [-0.1, -0.05) is 42.6 Å². The maximum absolute atomic E-state index is 13.1. The summed E-state index contributed by atoms with van der Waals surface area (Å²) in [7, 11) is -0.685.